The Labute approximate surface area is 138 Å². The highest BCUT2D eigenvalue weighted by molar-refractivity contribution is 5.86. The summed E-state index contributed by atoms with van der Waals surface area (Å²) in [5.74, 6) is 0.256. The lowest BCUT2D eigenvalue weighted by Crippen LogP contribution is -2.54. The molecule has 0 aromatic carbocycles. The average molecular weight is 317 g/mol. The molecule has 0 saturated carbocycles. The summed E-state index contributed by atoms with van der Waals surface area (Å²) in [4.78, 5) is 21.1. The number of nitrogens with zero attached hydrogens (tertiary/aromatic N) is 3. The maximum absolute atomic E-state index is 13.0. The zero-order chi connectivity index (χ0) is 16.4. The third-order valence-corrected chi connectivity index (χ3v) is 5.36. The molecule has 23 heavy (non-hydrogen) atoms. The second-order valence-electron chi connectivity index (χ2n) is 7.35. The summed E-state index contributed by atoms with van der Waals surface area (Å²) in [5, 5.41) is 10.4. The van der Waals surface area contributed by atoms with Gasteiger partial charge >= 0.3 is 0 Å². The normalized spacial score (nSPS) is 26.0. The number of hydrogen-bond donors (Lipinski definition) is 1. The first kappa shape index (κ1) is 16.4. The fourth-order valence-electron chi connectivity index (χ4n) is 3.84. The van der Waals surface area contributed by atoms with Crippen molar-refractivity contribution in [3.05, 3.63) is 30.1 Å². The quantitative estimate of drug-likeness (QED) is 0.910. The Morgan fingerprint density at radius 2 is 1.91 bits per heavy atom. The number of β-amino-alcohol motifs (C(OH)–C–C–N with tert-alkyl or cyclic N) is 1. The summed E-state index contributed by atoms with van der Waals surface area (Å²) in [7, 11) is 0. The molecule has 2 aliphatic rings. The Morgan fingerprint density at radius 3 is 2.57 bits per heavy atom. The first-order valence-electron chi connectivity index (χ1n) is 8.60. The summed E-state index contributed by atoms with van der Waals surface area (Å²) in [5.41, 5.74) is 0.694. The number of aliphatic hydroxyl groups is 1. The predicted octanol–water partition coefficient (Wildman–Crippen LogP) is 1.32. The molecule has 1 N–H and O–H groups in total. The molecule has 1 amide bonds. The predicted molar refractivity (Wildman–Crippen MR) is 88.9 cm³/mol. The maximum atomic E-state index is 13.0. The van der Waals surface area contributed by atoms with Crippen LogP contribution in [0.4, 0.5) is 0 Å². The van der Waals surface area contributed by atoms with E-state index in [2.05, 4.69) is 9.88 Å². The molecule has 1 aromatic rings. The number of amides is 1. The molecule has 5 heteroatoms. The van der Waals surface area contributed by atoms with Gasteiger partial charge in [-0.1, -0.05) is 0 Å². The molecule has 0 unspecified atom stereocenters. The lowest BCUT2D eigenvalue weighted by atomic mass is 9.97. The molecular weight excluding hydrogens is 290 g/mol. The van der Waals surface area contributed by atoms with Crippen molar-refractivity contribution < 1.29 is 9.90 Å². The van der Waals surface area contributed by atoms with E-state index in [9.17, 15) is 9.90 Å². The number of likely N-dealkylation sites (tertiary alicyclic amines) is 2. The van der Waals surface area contributed by atoms with Crippen LogP contribution in [0.5, 0.6) is 0 Å². The molecule has 2 atom stereocenters. The monoisotopic (exact) mass is 317 g/mol. The third kappa shape index (κ3) is 3.40. The van der Waals surface area contributed by atoms with Crippen molar-refractivity contribution in [3.8, 4) is 0 Å². The molecule has 1 aromatic heterocycles. The number of hydrogen-bond acceptors (Lipinski definition) is 4. The van der Waals surface area contributed by atoms with Crippen LogP contribution in [0.15, 0.2) is 24.5 Å². The smallest absolute Gasteiger partial charge is 0.242 e. The van der Waals surface area contributed by atoms with Gasteiger partial charge < -0.3 is 10.0 Å². The minimum absolute atomic E-state index is 0.107. The van der Waals surface area contributed by atoms with Crippen LogP contribution in [0.2, 0.25) is 0 Å². The van der Waals surface area contributed by atoms with Gasteiger partial charge in [0.15, 0.2) is 0 Å². The molecule has 3 heterocycles. The van der Waals surface area contributed by atoms with Crippen molar-refractivity contribution in [2.45, 2.75) is 44.8 Å². The van der Waals surface area contributed by atoms with Crippen LogP contribution >= 0.6 is 0 Å². The average Bonchev–Trinajstić information content (AvgIpc) is 3.19. The van der Waals surface area contributed by atoms with Crippen LogP contribution in [-0.2, 0) is 11.2 Å². The van der Waals surface area contributed by atoms with Gasteiger partial charge in [-0.3, -0.25) is 14.7 Å². The van der Waals surface area contributed by atoms with Crippen LogP contribution in [0.3, 0.4) is 0 Å². The highest BCUT2D eigenvalue weighted by Gasteiger charge is 2.43. The first-order valence-corrected chi connectivity index (χ1v) is 8.60. The fourth-order valence-corrected chi connectivity index (χ4v) is 3.84. The molecule has 2 aliphatic heterocycles. The van der Waals surface area contributed by atoms with Gasteiger partial charge in [0.1, 0.15) is 0 Å². The van der Waals surface area contributed by atoms with Crippen molar-refractivity contribution in [2.24, 2.45) is 5.92 Å². The Bertz CT molecular complexity index is 540. The molecule has 2 saturated heterocycles. The number of carbonyl (C=O) groups is 1. The van der Waals surface area contributed by atoms with E-state index in [4.69, 9.17) is 0 Å². The molecule has 0 spiro atoms. The number of rotatable bonds is 4. The molecule has 3 rings (SSSR count). The standard InChI is InChI=1S/C18H27N3O2/c1-18(2,21-9-3-4-10-21)17(23)20-12-15(16(22)13-20)11-14-5-7-19-8-6-14/h5-8,15-16,22H,3-4,9-13H2,1-2H3/t15-,16-/m1/s1. The topological polar surface area (TPSA) is 56.7 Å². The highest BCUT2D eigenvalue weighted by Crippen LogP contribution is 2.28. The molecule has 5 nitrogen and oxygen atoms in total. The van der Waals surface area contributed by atoms with Gasteiger partial charge in [-0.25, -0.2) is 0 Å². The van der Waals surface area contributed by atoms with Crippen LogP contribution in [-0.4, -0.2) is 63.6 Å². The van der Waals surface area contributed by atoms with Crippen LogP contribution < -0.4 is 0 Å². The number of carbonyl (C=O) groups excluding carboxylic acids is 1. The van der Waals surface area contributed by atoms with Crippen LogP contribution in [0, 0.1) is 5.92 Å². The van der Waals surface area contributed by atoms with E-state index in [-0.39, 0.29) is 11.8 Å². The fraction of sp³-hybridized carbons (Fsp3) is 0.667. The third-order valence-electron chi connectivity index (χ3n) is 5.36. The highest BCUT2D eigenvalue weighted by atomic mass is 16.3. The molecular formula is C18H27N3O2. The van der Waals surface area contributed by atoms with Crippen molar-refractivity contribution in [2.75, 3.05) is 26.2 Å². The van der Waals surface area contributed by atoms with E-state index in [1.807, 2.05) is 30.9 Å². The SMILES string of the molecule is CC(C)(C(=O)N1C[C@@H](Cc2ccncc2)[C@H](O)C1)N1CCCC1. The van der Waals surface area contributed by atoms with E-state index >= 15 is 0 Å². The summed E-state index contributed by atoms with van der Waals surface area (Å²) in [6, 6.07) is 3.96. The Kier molecular flexibility index (Phi) is 4.69. The van der Waals surface area contributed by atoms with Gasteiger partial charge in [0.2, 0.25) is 5.91 Å². The number of aromatic nitrogens is 1. The van der Waals surface area contributed by atoms with Gasteiger partial charge in [0.05, 0.1) is 11.6 Å². The van der Waals surface area contributed by atoms with Gasteiger partial charge in [0, 0.05) is 31.4 Å². The van der Waals surface area contributed by atoms with E-state index in [1.165, 1.54) is 12.8 Å². The van der Waals surface area contributed by atoms with Crippen LogP contribution in [0.25, 0.3) is 0 Å². The Morgan fingerprint density at radius 1 is 1.26 bits per heavy atom. The summed E-state index contributed by atoms with van der Waals surface area (Å²) < 4.78 is 0. The molecule has 0 radical (unpaired) electrons. The van der Waals surface area contributed by atoms with E-state index < -0.39 is 11.6 Å². The van der Waals surface area contributed by atoms with E-state index in [1.54, 1.807) is 12.4 Å². The van der Waals surface area contributed by atoms with Crippen molar-refractivity contribution in [1.29, 1.82) is 0 Å². The zero-order valence-corrected chi connectivity index (χ0v) is 14.1. The van der Waals surface area contributed by atoms with Gasteiger partial charge in [-0.2, -0.15) is 0 Å². The van der Waals surface area contributed by atoms with E-state index in [0.717, 1.165) is 25.1 Å². The molecule has 0 aliphatic carbocycles. The second kappa shape index (κ2) is 6.57. The number of pyridine rings is 1. The van der Waals surface area contributed by atoms with Gasteiger partial charge in [-0.05, 0) is 63.9 Å². The van der Waals surface area contributed by atoms with Gasteiger partial charge in [-0.15, -0.1) is 0 Å². The van der Waals surface area contributed by atoms with Crippen LogP contribution in [0.1, 0.15) is 32.3 Å². The zero-order valence-electron chi connectivity index (χ0n) is 14.1. The van der Waals surface area contributed by atoms with Gasteiger partial charge in [0.25, 0.3) is 0 Å². The summed E-state index contributed by atoms with van der Waals surface area (Å²) >= 11 is 0. The minimum Gasteiger partial charge on any atom is -0.391 e. The Hall–Kier alpha value is -1.46. The lowest BCUT2D eigenvalue weighted by molar-refractivity contribution is -0.141. The number of aliphatic hydroxyl groups excluding tert-OH is 1. The largest absolute Gasteiger partial charge is 0.391 e. The minimum atomic E-state index is -0.470. The maximum Gasteiger partial charge on any atom is 0.242 e. The lowest BCUT2D eigenvalue weighted by Gasteiger charge is -2.37. The molecule has 2 fully saturated rings. The van der Waals surface area contributed by atoms with Crippen molar-refractivity contribution in [1.82, 2.24) is 14.8 Å². The van der Waals surface area contributed by atoms with Crippen molar-refractivity contribution >= 4 is 5.91 Å². The van der Waals surface area contributed by atoms with E-state index in [0.29, 0.717) is 13.1 Å². The Balaban J connectivity index is 1.64. The van der Waals surface area contributed by atoms with Crippen molar-refractivity contribution in [3.63, 3.8) is 0 Å². The first-order chi connectivity index (χ1) is 11.0. The molecule has 126 valence electrons. The second-order valence-corrected chi connectivity index (χ2v) is 7.35. The summed E-state index contributed by atoms with van der Waals surface area (Å²) in [6.07, 6.45) is 6.24. The summed E-state index contributed by atoms with van der Waals surface area (Å²) in [6.45, 7) is 7.11. The molecule has 0 bridgehead atoms.